The third kappa shape index (κ3) is 2.95. The number of carbonyl (C=O) groups is 1. The maximum absolute atomic E-state index is 13.0. The number of hydrogen-bond donors (Lipinski definition) is 1. The third-order valence-corrected chi connectivity index (χ3v) is 4.57. The number of nitrogens with zero attached hydrogens (tertiary/aromatic N) is 3. The van der Waals surface area contributed by atoms with Crippen molar-refractivity contribution >= 4 is 11.6 Å². The van der Waals surface area contributed by atoms with Crippen LogP contribution >= 0.6 is 0 Å². The number of hydrogen-bond acceptors (Lipinski definition) is 4. The lowest BCUT2D eigenvalue weighted by molar-refractivity contribution is 0.0609. The van der Waals surface area contributed by atoms with Gasteiger partial charge in [0.25, 0.3) is 5.91 Å². The predicted molar refractivity (Wildman–Crippen MR) is 99.3 cm³/mol. The zero-order valence-corrected chi connectivity index (χ0v) is 14.5. The molecule has 0 radical (unpaired) electrons. The average Bonchev–Trinajstić information content (AvgIpc) is 3.22. The largest absolute Gasteiger partial charge is 0.383 e. The second-order valence-corrected chi connectivity index (χ2v) is 6.15. The molecule has 1 atom stereocenters. The molecule has 1 aromatic heterocycles. The Morgan fingerprint density at radius 3 is 2.69 bits per heavy atom. The Hall–Kier alpha value is -3.12. The van der Waals surface area contributed by atoms with Gasteiger partial charge in [0.2, 0.25) is 0 Å². The van der Waals surface area contributed by atoms with Gasteiger partial charge < -0.3 is 19.5 Å². The Morgan fingerprint density at radius 1 is 1.15 bits per heavy atom. The van der Waals surface area contributed by atoms with Crippen LogP contribution in [0.3, 0.4) is 0 Å². The number of para-hydroxylation sites is 1. The lowest BCUT2D eigenvalue weighted by atomic mass is 10.0. The number of anilines is 1. The molecule has 2 heterocycles. The summed E-state index contributed by atoms with van der Waals surface area (Å²) in [7, 11) is 1.64. The summed E-state index contributed by atoms with van der Waals surface area (Å²) < 4.78 is 7.15. The van der Waals surface area contributed by atoms with Gasteiger partial charge in [0.1, 0.15) is 6.17 Å². The molecule has 6 heteroatoms. The van der Waals surface area contributed by atoms with Crippen molar-refractivity contribution in [2.75, 3.05) is 25.6 Å². The Kier molecular flexibility index (Phi) is 4.41. The first-order chi connectivity index (χ1) is 12.8. The summed E-state index contributed by atoms with van der Waals surface area (Å²) >= 11 is 0. The van der Waals surface area contributed by atoms with E-state index < -0.39 is 0 Å². The van der Waals surface area contributed by atoms with Crippen LogP contribution in [-0.2, 0) is 4.74 Å². The molecule has 0 saturated heterocycles. The number of ether oxygens (including phenoxy) is 1. The number of benzene rings is 2. The number of aromatic nitrogens is 2. The minimum atomic E-state index is -0.232. The fraction of sp³-hybridized carbons (Fsp3) is 0.200. The van der Waals surface area contributed by atoms with E-state index in [-0.39, 0.29) is 12.1 Å². The fourth-order valence-electron chi connectivity index (χ4n) is 3.22. The predicted octanol–water partition coefficient (Wildman–Crippen LogP) is 3.09. The fourth-order valence-corrected chi connectivity index (χ4v) is 3.22. The third-order valence-electron chi connectivity index (χ3n) is 4.57. The van der Waals surface area contributed by atoms with E-state index in [4.69, 9.17) is 4.74 Å². The second kappa shape index (κ2) is 7.01. The van der Waals surface area contributed by atoms with Gasteiger partial charge in [-0.3, -0.25) is 4.79 Å². The van der Waals surface area contributed by atoms with Gasteiger partial charge in [0, 0.05) is 37.4 Å². The van der Waals surface area contributed by atoms with Gasteiger partial charge in [0.15, 0.2) is 0 Å². The Balaban J connectivity index is 1.67. The summed E-state index contributed by atoms with van der Waals surface area (Å²) in [6.45, 7) is 1.00. The molecule has 0 bridgehead atoms. The first kappa shape index (κ1) is 16.4. The maximum Gasteiger partial charge on any atom is 0.257 e. The minimum absolute atomic E-state index is 0.0140. The normalized spacial score (nSPS) is 16.3. The van der Waals surface area contributed by atoms with Crippen LogP contribution < -0.4 is 5.32 Å². The molecule has 2 aromatic carbocycles. The molecular formula is C20H20N4O2. The van der Waals surface area contributed by atoms with Crippen LogP contribution in [0.1, 0.15) is 22.1 Å². The summed E-state index contributed by atoms with van der Waals surface area (Å²) in [5, 5.41) is 3.49. The molecule has 1 aliphatic heterocycles. The SMILES string of the molecule is COCCN1C(=O)c2ccccc2N[C@@H]1c1ccc(-n2ccnc2)cc1. The van der Waals surface area contributed by atoms with Gasteiger partial charge in [-0.25, -0.2) is 4.98 Å². The highest BCUT2D eigenvalue weighted by Crippen LogP contribution is 2.33. The van der Waals surface area contributed by atoms with Gasteiger partial charge in [0.05, 0.1) is 18.5 Å². The molecule has 26 heavy (non-hydrogen) atoms. The van der Waals surface area contributed by atoms with Crippen molar-refractivity contribution in [3.8, 4) is 5.69 Å². The zero-order chi connectivity index (χ0) is 17.9. The number of rotatable bonds is 5. The van der Waals surface area contributed by atoms with E-state index in [2.05, 4.69) is 10.3 Å². The van der Waals surface area contributed by atoms with E-state index in [9.17, 15) is 4.79 Å². The van der Waals surface area contributed by atoms with Crippen molar-refractivity contribution in [1.29, 1.82) is 0 Å². The summed E-state index contributed by atoms with van der Waals surface area (Å²) in [6, 6.07) is 15.7. The molecule has 0 saturated carbocycles. The highest BCUT2D eigenvalue weighted by molar-refractivity contribution is 6.01. The van der Waals surface area contributed by atoms with Gasteiger partial charge in [-0.15, -0.1) is 0 Å². The van der Waals surface area contributed by atoms with Gasteiger partial charge in [-0.1, -0.05) is 24.3 Å². The zero-order valence-electron chi connectivity index (χ0n) is 14.5. The second-order valence-electron chi connectivity index (χ2n) is 6.15. The molecule has 1 amide bonds. The lowest BCUT2D eigenvalue weighted by Crippen LogP contribution is -2.44. The summed E-state index contributed by atoms with van der Waals surface area (Å²) in [5.74, 6) is 0.0140. The van der Waals surface area contributed by atoms with Crippen molar-refractivity contribution < 1.29 is 9.53 Å². The molecule has 0 fully saturated rings. The molecule has 0 unspecified atom stereocenters. The summed E-state index contributed by atoms with van der Waals surface area (Å²) in [5.41, 5.74) is 3.59. The quantitative estimate of drug-likeness (QED) is 0.770. The highest BCUT2D eigenvalue weighted by Gasteiger charge is 2.32. The molecule has 0 aliphatic carbocycles. The van der Waals surface area contributed by atoms with E-state index in [0.717, 1.165) is 16.9 Å². The molecule has 6 nitrogen and oxygen atoms in total. The van der Waals surface area contributed by atoms with Crippen molar-refractivity contribution in [2.45, 2.75) is 6.17 Å². The first-order valence-corrected chi connectivity index (χ1v) is 8.51. The standard InChI is InChI=1S/C20H20N4O2/c1-26-13-12-24-19(22-18-5-3-2-4-17(18)20(24)25)15-6-8-16(9-7-15)23-11-10-21-14-23/h2-11,14,19,22H,12-13H2,1H3/t19-/m0/s1. The van der Waals surface area contributed by atoms with E-state index in [0.29, 0.717) is 18.7 Å². The number of nitrogens with one attached hydrogen (secondary N) is 1. The van der Waals surface area contributed by atoms with Crippen LogP contribution in [0.2, 0.25) is 0 Å². The van der Waals surface area contributed by atoms with Crippen LogP contribution in [0, 0.1) is 0 Å². The lowest BCUT2D eigenvalue weighted by Gasteiger charge is -2.38. The molecule has 132 valence electrons. The van der Waals surface area contributed by atoms with E-state index in [1.54, 1.807) is 19.6 Å². The topological polar surface area (TPSA) is 59.4 Å². The Morgan fingerprint density at radius 2 is 1.96 bits per heavy atom. The Labute approximate surface area is 152 Å². The first-order valence-electron chi connectivity index (χ1n) is 8.51. The number of imidazole rings is 1. The number of fused-ring (bicyclic) bond motifs is 1. The van der Waals surface area contributed by atoms with Crippen molar-refractivity contribution in [2.24, 2.45) is 0 Å². The van der Waals surface area contributed by atoms with Crippen LogP contribution in [0.4, 0.5) is 5.69 Å². The smallest absolute Gasteiger partial charge is 0.257 e. The van der Waals surface area contributed by atoms with Crippen LogP contribution in [0.25, 0.3) is 5.69 Å². The van der Waals surface area contributed by atoms with Crippen LogP contribution in [0.5, 0.6) is 0 Å². The van der Waals surface area contributed by atoms with Crippen molar-refractivity contribution in [3.63, 3.8) is 0 Å². The molecule has 4 rings (SSSR count). The van der Waals surface area contributed by atoms with Crippen molar-refractivity contribution in [3.05, 3.63) is 78.4 Å². The van der Waals surface area contributed by atoms with Crippen LogP contribution in [-0.4, -0.2) is 40.6 Å². The summed E-state index contributed by atoms with van der Waals surface area (Å²) in [4.78, 5) is 18.9. The maximum atomic E-state index is 13.0. The van der Waals surface area contributed by atoms with E-state index in [1.807, 2.05) is 64.2 Å². The van der Waals surface area contributed by atoms with Gasteiger partial charge in [-0.05, 0) is 29.8 Å². The molecular weight excluding hydrogens is 328 g/mol. The molecule has 3 aromatic rings. The van der Waals surface area contributed by atoms with E-state index in [1.165, 1.54) is 0 Å². The number of carbonyl (C=O) groups excluding carboxylic acids is 1. The summed E-state index contributed by atoms with van der Waals surface area (Å²) in [6.07, 6.45) is 5.18. The van der Waals surface area contributed by atoms with Crippen LogP contribution in [0.15, 0.2) is 67.3 Å². The highest BCUT2D eigenvalue weighted by atomic mass is 16.5. The Bertz CT molecular complexity index is 890. The monoisotopic (exact) mass is 348 g/mol. The van der Waals surface area contributed by atoms with E-state index >= 15 is 0 Å². The van der Waals surface area contributed by atoms with Crippen molar-refractivity contribution in [1.82, 2.24) is 14.5 Å². The van der Waals surface area contributed by atoms with Gasteiger partial charge in [-0.2, -0.15) is 0 Å². The average molecular weight is 348 g/mol. The molecule has 1 aliphatic rings. The number of amides is 1. The minimum Gasteiger partial charge on any atom is -0.383 e. The molecule has 0 spiro atoms. The van der Waals surface area contributed by atoms with Gasteiger partial charge >= 0.3 is 0 Å². The molecule has 1 N–H and O–H groups in total. The number of methoxy groups -OCH3 is 1.